The Morgan fingerprint density at radius 1 is 1.30 bits per heavy atom. The van der Waals surface area contributed by atoms with Crippen molar-refractivity contribution in [2.45, 2.75) is 32.4 Å². The molecule has 1 amide bonds. The van der Waals surface area contributed by atoms with Crippen LogP contribution in [0.4, 0.5) is 0 Å². The van der Waals surface area contributed by atoms with Crippen LogP contribution in [0.1, 0.15) is 42.1 Å². The number of likely N-dealkylation sites (tertiary alicyclic amines) is 1. The fourth-order valence-corrected chi connectivity index (χ4v) is 3.62. The Labute approximate surface area is 157 Å². The smallest absolute Gasteiger partial charge is 0.293 e. The van der Waals surface area contributed by atoms with E-state index in [-0.39, 0.29) is 17.7 Å². The average Bonchev–Trinajstić information content (AvgIpc) is 3.47. The van der Waals surface area contributed by atoms with E-state index in [1.54, 1.807) is 19.4 Å². The molecule has 1 aliphatic rings. The standard InChI is InChI=1S/C20H22N4O3/c1-3-24-18(10-11-21-24)17-5-4-12-23(17)20(25)19-13-16(22-27-19)14-6-8-15(26-2)9-7-14/h6-11,13,17H,3-5,12H2,1-2H3/t17-/m0/s1. The highest BCUT2D eigenvalue weighted by Crippen LogP contribution is 2.33. The summed E-state index contributed by atoms with van der Waals surface area (Å²) in [5, 5.41) is 8.41. The molecular weight excluding hydrogens is 344 g/mol. The number of amides is 1. The minimum Gasteiger partial charge on any atom is -0.497 e. The normalized spacial score (nSPS) is 16.7. The number of aryl methyl sites for hydroxylation is 1. The zero-order valence-corrected chi connectivity index (χ0v) is 15.5. The molecule has 1 aliphatic heterocycles. The molecule has 0 unspecified atom stereocenters. The summed E-state index contributed by atoms with van der Waals surface area (Å²) in [5.74, 6) is 0.898. The van der Waals surface area contributed by atoms with Crippen LogP contribution in [0.2, 0.25) is 0 Å². The number of hydrogen-bond acceptors (Lipinski definition) is 5. The quantitative estimate of drug-likeness (QED) is 0.690. The van der Waals surface area contributed by atoms with Gasteiger partial charge in [-0.05, 0) is 50.1 Å². The molecule has 140 valence electrons. The van der Waals surface area contributed by atoms with Gasteiger partial charge in [0.2, 0.25) is 5.76 Å². The minimum absolute atomic E-state index is 0.0227. The molecule has 0 spiro atoms. The van der Waals surface area contributed by atoms with Gasteiger partial charge in [-0.25, -0.2) is 0 Å². The fourth-order valence-electron chi connectivity index (χ4n) is 3.62. The SMILES string of the molecule is CCn1nccc1[C@@H]1CCCN1C(=O)c1cc(-c2ccc(OC)cc2)no1. The first-order valence-corrected chi connectivity index (χ1v) is 9.15. The average molecular weight is 366 g/mol. The lowest BCUT2D eigenvalue weighted by atomic mass is 10.1. The van der Waals surface area contributed by atoms with E-state index in [1.165, 1.54) is 0 Å². The van der Waals surface area contributed by atoms with Crippen LogP contribution in [0, 0.1) is 0 Å². The van der Waals surface area contributed by atoms with Crippen molar-refractivity contribution in [1.82, 2.24) is 19.8 Å². The Kier molecular flexibility index (Phi) is 4.66. The first-order chi connectivity index (χ1) is 13.2. The molecule has 1 fully saturated rings. The van der Waals surface area contributed by atoms with Gasteiger partial charge < -0.3 is 14.2 Å². The van der Waals surface area contributed by atoms with E-state index in [0.29, 0.717) is 12.2 Å². The van der Waals surface area contributed by atoms with E-state index in [2.05, 4.69) is 17.2 Å². The van der Waals surface area contributed by atoms with Gasteiger partial charge in [-0.15, -0.1) is 0 Å². The summed E-state index contributed by atoms with van der Waals surface area (Å²) in [7, 11) is 1.62. The number of benzene rings is 1. The highest BCUT2D eigenvalue weighted by atomic mass is 16.5. The molecule has 3 aromatic rings. The van der Waals surface area contributed by atoms with Gasteiger partial charge in [0.25, 0.3) is 5.91 Å². The zero-order chi connectivity index (χ0) is 18.8. The molecule has 1 atom stereocenters. The third kappa shape index (κ3) is 3.20. The number of nitrogens with zero attached hydrogens (tertiary/aromatic N) is 4. The highest BCUT2D eigenvalue weighted by Gasteiger charge is 2.34. The van der Waals surface area contributed by atoms with Crippen molar-refractivity contribution >= 4 is 5.91 Å². The molecule has 0 N–H and O–H groups in total. The Bertz CT molecular complexity index is 929. The Balaban J connectivity index is 1.56. The molecule has 0 saturated carbocycles. The van der Waals surface area contributed by atoms with Crippen molar-refractivity contribution in [1.29, 1.82) is 0 Å². The summed E-state index contributed by atoms with van der Waals surface area (Å²) in [6.07, 6.45) is 3.68. The van der Waals surface area contributed by atoms with Gasteiger partial charge >= 0.3 is 0 Å². The monoisotopic (exact) mass is 366 g/mol. The van der Waals surface area contributed by atoms with Gasteiger partial charge in [0, 0.05) is 30.9 Å². The molecule has 1 aromatic carbocycles. The second kappa shape index (κ2) is 7.26. The van der Waals surface area contributed by atoms with E-state index in [1.807, 2.05) is 39.9 Å². The number of rotatable bonds is 5. The van der Waals surface area contributed by atoms with Crippen LogP contribution in [0.5, 0.6) is 5.75 Å². The summed E-state index contributed by atoms with van der Waals surface area (Å²) < 4.78 is 12.5. The number of hydrogen-bond donors (Lipinski definition) is 0. The third-order valence-electron chi connectivity index (χ3n) is 5.01. The lowest BCUT2D eigenvalue weighted by Crippen LogP contribution is -2.31. The van der Waals surface area contributed by atoms with Gasteiger partial charge in [-0.2, -0.15) is 5.10 Å². The van der Waals surface area contributed by atoms with Gasteiger partial charge in [0.15, 0.2) is 0 Å². The highest BCUT2D eigenvalue weighted by molar-refractivity contribution is 5.93. The van der Waals surface area contributed by atoms with Crippen molar-refractivity contribution in [3.05, 3.63) is 54.0 Å². The molecule has 2 aromatic heterocycles. The van der Waals surface area contributed by atoms with Crippen LogP contribution >= 0.6 is 0 Å². The number of methoxy groups -OCH3 is 1. The molecule has 0 aliphatic carbocycles. The van der Waals surface area contributed by atoms with Gasteiger partial charge in [0.1, 0.15) is 11.4 Å². The molecule has 0 bridgehead atoms. The Morgan fingerprint density at radius 2 is 2.11 bits per heavy atom. The topological polar surface area (TPSA) is 73.4 Å². The largest absolute Gasteiger partial charge is 0.497 e. The molecule has 7 nitrogen and oxygen atoms in total. The van der Waals surface area contributed by atoms with Crippen LogP contribution in [-0.2, 0) is 6.54 Å². The third-order valence-corrected chi connectivity index (χ3v) is 5.01. The minimum atomic E-state index is -0.131. The summed E-state index contributed by atoms with van der Waals surface area (Å²) in [4.78, 5) is 14.9. The van der Waals surface area contributed by atoms with E-state index >= 15 is 0 Å². The molecule has 7 heteroatoms. The molecule has 3 heterocycles. The predicted molar refractivity (Wildman–Crippen MR) is 99.4 cm³/mol. The second-order valence-corrected chi connectivity index (χ2v) is 6.53. The van der Waals surface area contributed by atoms with Crippen molar-refractivity contribution in [2.75, 3.05) is 13.7 Å². The molecular formula is C20H22N4O3. The van der Waals surface area contributed by atoms with E-state index < -0.39 is 0 Å². The van der Waals surface area contributed by atoms with Crippen LogP contribution in [-0.4, -0.2) is 39.4 Å². The zero-order valence-electron chi connectivity index (χ0n) is 15.5. The van der Waals surface area contributed by atoms with Crippen molar-refractivity contribution in [3.8, 4) is 17.0 Å². The molecule has 0 radical (unpaired) electrons. The van der Waals surface area contributed by atoms with Crippen LogP contribution < -0.4 is 4.74 Å². The van der Waals surface area contributed by atoms with E-state index in [9.17, 15) is 4.79 Å². The first kappa shape index (κ1) is 17.3. The van der Waals surface area contributed by atoms with E-state index in [4.69, 9.17) is 9.26 Å². The van der Waals surface area contributed by atoms with E-state index in [0.717, 1.165) is 36.4 Å². The summed E-state index contributed by atoms with van der Waals surface area (Å²) in [6.45, 7) is 3.54. The summed E-state index contributed by atoms with van der Waals surface area (Å²) in [5.41, 5.74) is 2.58. The maximum atomic E-state index is 13.0. The van der Waals surface area contributed by atoms with Crippen molar-refractivity contribution in [3.63, 3.8) is 0 Å². The van der Waals surface area contributed by atoms with Crippen LogP contribution in [0.3, 0.4) is 0 Å². The number of carbonyl (C=O) groups is 1. The molecule has 4 rings (SSSR count). The molecule has 1 saturated heterocycles. The maximum Gasteiger partial charge on any atom is 0.293 e. The second-order valence-electron chi connectivity index (χ2n) is 6.53. The number of carbonyl (C=O) groups excluding carboxylic acids is 1. The van der Waals surface area contributed by atoms with Crippen molar-refractivity contribution < 1.29 is 14.1 Å². The summed E-state index contributed by atoms with van der Waals surface area (Å²) >= 11 is 0. The Morgan fingerprint density at radius 3 is 2.85 bits per heavy atom. The lowest BCUT2D eigenvalue weighted by molar-refractivity contribution is 0.0687. The first-order valence-electron chi connectivity index (χ1n) is 9.15. The fraction of sp³-hybridized carbons (Fsp3) is 0.350. The predicted octanol–water partition coefficient (Wildman–Crippen LogP) is 3.54. The molecule has 27 heavy (non-hydrogen) atoms. The van der Waals surface area contributed by atoms with Crippen molar-refractivity contribution in [2.24, 2.45) is 0 Å². The summed E-state index contributed by atoms with van der Waals surface area (Å²) in [6, 6.07) is 11.2. The van der Waals surface area contributed by atoms with Gasteiger partial charge in [-0.3, -0.25) is 9.48 Å². The van der Waals surface area contributed by atoms with Crippen LogP contribution in [0.25, 0.3) is 11.3 Å². The number of ether oxygens (including phenoxy) is 1. The number of aromatic nitrogens is 3. The van der Waals surface area contributed by atoms with Crippen LogP contribution in [0.15, 0.2) is 47.1 Å². The maximum absolute atomic E-state index is 13.0. The van der Waals surface area contributed by atoms with Gasteiger partial charge in [-0.1, -0.05) is 5.16 Å². The lowest BCUT2D eigenvalue weighted by Gasteiger charge is -2.24. The van der Waals surface area contributed by atoms with Gasteiger partial charge in [0.05, 0.1) is 18.8 Å². The Hall–Kier alpha value is -3.09.